The number of nitrogens with zero attached hydrogens (tertiary/aromatic N) is 3. The lowest BCUT2D eigenvalue weighted by atomic mass is 10.3. The van der Waals surface area contributed by atoms with Crippen LogP contribution < -0.4 is 10.6 Å². The van der Waals surface area contributed by atoms with Gasteiger partial charge in [0.2, 0.25) is 0 Å². The fraction of sp³-hybridized carbons (Fsp3) is 0.357. The summed E-state index contributed by atoms with van der Waals surface area (Å²) in [5.74, 6) is 2.53. The molecule has 0 aromatic carbocycles. The number of aryl methyl sites for hydroxylation is 1. The molecule has 0 aliphatic heterocycles. The van der Waals surface area contributed by atoms with E-state index < -0.39 is 0 Å². The van der Waals surface area contributed by atoms with Crippen LogP contribution in [0.3, 0.4) is 0 Å². The maximum atomic E-state index is 4.45. The molecule has 19 heavy (non-hydrogen) atoms. The van der Waals surface area contributed by atoms with Crippen LogP contribution in [-0.2, 0) is 12.8 Å². The van der Waals surface area contributed by atoms with Crippen molar-refractivity contribution >= 4 is 11.6 Å². The Morgan fingerprint density at radius 1 is 1.16 bits per heavy atom. The van der Waals surface area contributed by atoms with Gasteiger partial charge in [-0.1, -0.05) is 13.0 Å². The Balaban J connectivity index is 1.95. The van der Waals surface area contributed by atoms with E-state index in [0.29, 0.717) is 0 Å². The smallest absolute Gasteiger partial charge is 0.132 e. The van der Waals surface area contributed by atoms with Gasteiger partial charge in [-0.25, -0.2) is 9.97 Å². The second kappa shape index (κ2) is 6.68. The Kier molecular flexibility index (Phi) is 4.66. The summed E-state index contributed by atoms with van der Waals surface area (Å²) in [7, 11) is 1.86. The molecule has 0 radical (unpaired) electrons. The van der Waals surface area contributed by atoms with Crippen molar-refractivity contribution in [2.24, 2.45) is 0 Å². The summed E-state index contributed by atoms with van der Waals surface area (Å²) < 4.78 is 0. The zero-order valence-corrected chi connectivity index (χ0v) is 11.3. The van der Waals surface area contributed by atoms with Crippen LogP contribution in [0.2, 0.25) is 0 Å². The van der Waals surface area contributed by atoms with Crippen LogP contribution >= 0.6 is 0 Å². The molecular formula is C14H19N5. The summed E-state index contributed by atoms with van der Waals surface area (Å²) in [6, 6.07) is 7.87. The lowest BCUT2D eigenvalue weighted by Gasteiger charge is -2.09. The van der Waals surface area contributed by atoms with Crippen molar-refractivity contribution < 1.29 is 0 Å². The molecule has 2 aromatic rings. The molecule has 0 unspecified atom stereocenters. The van der Waals surface area contributed by atoms with E-state index in [1.165, 1.54) is 0 Å². The molecule has 0 saturated carbocycles. The number of nitrogens with one attached hydrogen (secondary N) is 2. The number of rotatable bonds is 6. The first-order valence-electron chi connectivity index (χ1n) is 6.51. The van der Waals surface area contributed by atoms with Gasteiger partial charge < -0.3 is 10.6 Å². The third-order valence-corrected chi connectivity index (χ3v) is 2.76. The molecule has 0 spiro atoms. The summed E-state index contributed by atoms with van der Waals surface area (Å²) >= 11 is 0. The Hall–Kier alpha value is -2.17. The Bertz CT molecular complexity index is 490. The monoisotopic (exact) mass is 257 g/mol. The number of hydrogen-bond donors (Lipinski definition) is 2. The molecule has 0 atom stereocenters. The molecule has 2 heterocycles. The molecule has 0 saturated heterocycles. The molecule has 0 amide bonds. The molecule has 100 valence electrons. The van der Waals surface area contributed by atoms with Gasteiger partial charge in [-0.3, -0.25) is 4.98 Å². The number of pyridine rings is 1. The molecule has 2 N–H and O–H groups in total. The SMILES string of the molecule is CCc1nc(NC)cc(NCCc2ccccn2)n1. The van der Waals surface area contributed by atoms with Crippen LogP contribution in [0.15, 0.2) is 30.5 Å². The van der Waals surface area contributed by atoms with Crippen LogP contribution in [0, 0.1) is 0 Å². The van der Waals surface area contributed by atoms with Crippen LogP contribution in [0.1, 0.15) is 18.4 Å². The first kappa shape index (κ1) is 13.3. The van der Waals surface area contributed by atoms with Crippen molar-refractivity contribution in [3.63, 3.8) is 0 Å². The topological polar surface area (TPSA) is 62.7 Å². The van der Waals surface area contributed by atoms with E-state index in [4.69, 9.17) is 0 Å². The van der Waals surface area contributed by atoms with E-state index in [-0.39, 0.29) is 0 Å². The number of anilines is 2. The van der Waals surface area contributed by atoms with Crippen molar-refractivity contribution in [2.75, 3.05) is 24.2 Å². The lowest BCUT2D eigenvalue weighted by molar-refractivity contribution is 0.916. The van der Waals surface area contributed by atoms with Crippen LogP contribution in [0.25, 0.3) is 0 Å². The fourth-order valence-electron chi connectivity index (χ4n) is 1.74. The molecule has 2 aromatic heterocycles. The largest absolute Gasteiger partial charge is 0.373 e. The maximum absolute atomic E-state index is 4.45. The minimum atomic E-state index is 0.806. The molecular weight excluding hydrogens is 238 g/mol. The van der Waals surface area contributed by atoms with Crippen molar-refractivity contribution in [3.05, 3.63) is 42.0 Å². The van der Waals surface area contributed by atoms with Crippen LogP contribution in [-0.4, -0.2) is 28.5 Å². The Labute approximate surface area is 113 Å². The summed E-state index contributed by atoms with van der Waals surface area (Å²) in [5.41, 5.74) is 1.08. The number of aromatic nitrogens is 3. The van der Waals surface area contributed by atoms with Gasteiger partial charge in [0.25, 0.3) is 0 Å². The van der Waals surface area contributed by atoms with E-state index in [9.17, 15) is 0 Å². The standard InChI is InChI=1S/C14H19N5/c1-3-12-18-13(15-2)10-14(19-12)17-9-7-11-6-4-5-8-16-11/h4-6,8,10H,3,7,9H2,1-2H3,(H2,15,17,18,19). The van der Waals surface area contributed by atoms with Crippen molar-refractivity contribution in [1.29, 1.82) is 0 Å². The minimum Gasteiger partial charge on any atom is -0.373 e. The zero-order chi connectivity index (χ0) is 13.5. The van der Waals surface area contributed by atoms with Gasteiger partial charge in [0, 0.05) is 44.4 Å². The fourth-order valence-corrected chi connectivity index (χ4v) is 1.74. The third kappa shape index (κ3) is 3.91. The Morgan fingerprint density at radius 2 is 2.00 bits per heavy atom. The van der Waals surface area contributed by atoms with Gasteiger partial charge in [-0.05, 0) is 12.1 Å². The minimum absolute atomic E-state index is 0.806. The van der Waals surface area contributed by atoms with Crippen molar-refractivity contribution in [1.82, 2.24) is 15.0 Å². The van der Waals surface area contributed by atoms with Gasteiger partial charge in [-0.2, -0.15) is 0 Å². The van der Waals surface area contributed by atoms with Crippen LogP contribution in [0.4, 0.5) is 11.6 Å². The predicted molar refractivity (Wildman–Crippen MR) is 77.4 cm³/mol. The average Bonchev–Trinajstić information content (AvgIpc) is 2.48. The molecule has 0 aliphatic rings. The van der Waals surface area contributed by atoms with E-state index in [2.05, 4.69) is 25.6 Å². The van der Waals surface area contributed by atoms with E-state index in [1.807, 2.05) is 44.4 Å². The first-order chi connectivity index (χ1) is 9.31. The predicted octanol–water partition coefficient (Wildman–Crippen LogP) is 2.13. The van der Waals surface area contributed by atoms with Gasteiger partial charge in [0.1, 0.15) is 17.5 Å². The van der Waals surface area contributed by atoms with Gasteiger partial charge >= 0.3 is 0 Å². The van der Waals surface area contributed by atoms with Gasteiger partial charge in [0.15, 0.2) is 0 Å². The first-order valence-corrected chi connectivity index (χ1v) is 6.51. The van der Waals surface area contributed by atoms with Crippen molar-refractivity contribution in [2.45, 2.75) is 19.8 Å². The zero-order valence-electron chi connectivity index (χ0n) is 11.3. The second-order valence-electron chi connectivity index (χ2n) is 4.16. The Morgan fingerprint density at radius 3 is 2.68 bits per heavy atom. The number of hydrogen-bond acceptors (Lipinski definition) is 5. The highest BCUT2D eigenvalue weighted by Gasteiger charge is 2.02. The van der Waals surface area contributed by atoms with E-state index in [1.54, 1.807) is 0 Å². The van der Waals surface area contributed by atoms with Crippen LogP contribution in [0.5, 0.6) is 0 Å². The lowest BCUT2D eigenvalue weighted by Crippen LogP contribution is -2.09. The second-order valence-corrected chi connectivity index (χ2v) is 4.16. The van der Waals surface area contributed by atoms with Crippen molar-refractivity contribution in [3.8, 4) is 0 Å². The van der Waals surface area contributed by atoms with E-state index in [0.717, 1.165) is 42.5 Å². The summed E-state index contributed by atoms with van der Waals surface area (Å²) in [5, 5.41) is 6.36. The highest BCUT2D eigenvalue weighted by atomic mass is 15.1. The summed E-state index contributed by atoms with van der Waals surface area (Å²) in [6.07, 6.45) is 3.51. The highest BCUT2D eigenvalue weighted by Crippen LogP contribution is 2.11. The maximum Gasteiger partial charge on any atom is 0.132 e. The van der Waals surface area contributed by atoms with Gasteiger partial charge in [-0.15, -0.1) is 0 Å². The summed E-state index contributed by atoms with van der Waals surface area (Å²) in [6.45, 7) is 2.85. The molecule has 0 bridgehead atoms. The molecule has 5 nitrogen and oxygen atoms in total. The quantitative estimate of drug-likeness (QED) is 0.830. The van der Waals surface area contributed by atoms with Gasteiger partial charge in [0.05, 0.1) is 0 Å². The van der Waals surface area contributed by atoms with E-state index >= 15 is 0 Å². The molecule has 5 heteroatoms. The highest BCUT2D eigenvalue weighted by molar-refractivity contribution is 5.47. The third-order valence-electron chi connectivity index (χ3n) is 2.76. The molecule has 0 fully saturated rings. The molecule has 2 rings (SSSR count). The summed E-state index contributed by atoms with van der Waals surface area (Å²) in [4.78, 5) is 13.1. The molecule has 0 aliphatic carbocycles. The normalized spacial score (nSPS) is 10.2. The average molecular weight is 257 g/mol.